The first kappa shape index (κ1) is 17.7. The first-order valence-corrected chi connectivity index (χ1v) is 8.21. The van der Waals surface area contributed by atoms with E-state index in [-0.39, 0.29) is 12.5 Å². The summed E-state index contributed by atoms with van der Waals surface area (Å²) in [5, 5.41) is 11.6. The van der Waals surface area contributed by atoms with E-state index >= 15 is 0 Å². The molecule has 0 aliphatic heterocycles. The smallest absolute Gasteiger partial charge is 0.224 e. The molecule has 3 heteroatoms. The van der Waals surface area contributed by atoms with Crippen LogP contribution in [0.15, 0.2) is 24.3 Å². The molecular formula is C18H29NO2. The number of unbranched alkanes of at least 4 members (excludes halogenated alkanes) is 4. The van der Waals surface area contributed by atoms with Gasteiger partial charge >= 0.3 is 0 Å². The fourth-order valence-electron chi connectivity index (χ4n) is 2.27. The van der Waals surface area contributed by atoms with Gasteiger partial charge in [0.15, 0.2) is 0 Å². The lowest BCUT2D eigenvalue weighted by Gasteiger charge is -2.06. The van der Waals surface area contributed by atoms with Crippen LogP contribution in [0.1, 0.15) is 56.6 Å². The van der Waals surface area contributed by atoms with E-state index in [1.807, 2.05) is 0 Å². The molecule has 0 spiro atoms. The zero-order valence-corrected chi connectivity index (χ0v) is 13.2. The number of aryl methyl sites for hydroxylation is 1. The monoisotopic (exact) mass is 291 g/mol. The van der Waals surface area contributed by atoms with Crippen LogP contribution in [0.3, 0.4) is 0 Å². The normalized spacial score (nSPS) is 10.6. The van der Waals surface area contributed by atoms with Gasteiger partial charge in [0.2, 0.25) is 5.91 Å². The lowest BCUT2D eigenvalue weighted by molar-refractivity contribution is -0.120. The Labute approximate surface area is 128 Å². The van der Waals surface area contributed by atoms with Crippen LogP contribution in [0, 0.1) is 0 Å². The molecule has 1 amide bonds. The summed E-state index contributed by atoms with van der Waals surface area (Å²) in [6, 6.07) is 8.39. The molecule has 0 bridgehead atoms. The van der Waals surface area contributed by atoms with Crippen LogP contribution in [-0.2, 0) is 17.6 Å². The third kappa shape index (κ3) is 8.51. The summed E-state index contributed by atoms with van der Waals surface area (Å²) < 4.78 is 0. The van der Waals surface area contributed by atoms with Gasteiger partial charge in [0.25, 0.3) is 0 Å². The Kier molecular flexibility index (Phi) is 9.55. The van der Waals surface area contributed by atoms with Gasteiger partial charge in [-0.3, -0.25) is 4.79 Å². The van der Waals surface area contributed by atoms with E-state index in [0.29, 0.717) is 6.42 Å². The summed E-state index contributed by atoms with van der Waals surface area (Å²) in [5.41, 5.74) is 2.43. The summed E-state index contributed by atoms with van der Waals surface area (Å²) >= 11 is 0. The quantitative estimate of drug-likeness (QED) is 0.615. The molecule has 118 valence electrons. The third-order valence-corrected chi connectivity index (χ3v) is 3.61. The highest BCUT2D eigenvalue weighted by Gasteiger charge is 2.03. The summed E-state index contributed by atoms with van der Waals surface area (Å²) in [4.78, 5) is 11.8. The maximum absolute atomic E-state index is 11.8. The largest absolute Gasteiger partial charge is 0.396 e. The predicted molar refractivity (Wildman–Crippen MR) is 87.3 cm³/mol. The third-order valence-electron chi connectivity index (χ3n) is 3.61. The molecule has 0 radical (unpaired) electrons. The lowest BCUT2D eigenvalue weighted by atomic mass is 10.0. The molecule has 1 aromatic carbocycles. The van der Waals surface area contributed by atoms with Crippen LogP contribution in [0.4, 0.5) is 0 Å². The molecule has 2 N–H and O–H groups in total. The number of aliphatic hydroxyl groups excluding tert-OH is 1. The molecule has 0 aromatic heterocycles. The Morgan fingerprint density at radius 1 is 1.00 bits per heavy atom. The minimum Gasteiger partial charge on any atom is -0.396 e. The van der Waals surface area contributed by atoms with E-state index in [2.05, 4.69) is 36.5 Å². The molecule has 0 heterocycles. The van der Waals surface area contributed by atoms with Crippen molar-refractivity contribution in [1.29, 1.82) is 0 Å². The van der Waals surface area contributed by atoms with Crippen LogP contribution >= 0.6 is 0 Å². The lowest BCUT2D eigenvalue weighted by Crippen LogP contribution is -2.26. The molecule has 0 saturated heterocycles. The number of hydrogen-bond acceptors (Lipinski definition) is 2. The number of rotatable bonds is 11. The highest BCUT2D eigenvalue weighted by Crippen LogP contribution is 2.08. The SMILES string of the molecule is CCCCc1ccc(CC(=O)NCCCCCCO)cc1. The van der Waals surface area contributed by atoms with Crippen molar-refractivity contribution in [2.24, 2.45) is 0 Å². The molecular weight excluding hydrogens is 262 g/mol. The number of nitrogens with one attached hydrogen (secondary N) is 1. The van der Waals surface area contributed by atoms with Gasteiger partial charge in [-0.1, -0.05) is 50.5 Å². The molecule has 1 rings (SSSR count). The van der Waals surface area contributed by atoms with Gasteiger partial charge in [-0.25, -0.2) is 0 Å². The Hall–Kier alpha value is -1.35. The number of carbonyl (C=O) groups is 1. The molecule has 0 fully saturated rings. The second-order valence-corrected chi connectivity index (χ2v) is 5.58. The van der Waals surface area contributed by atoms with Crippen molar-refractivity contribution >= 4 is 5.91 Å². The fourth-order valence-corrected chi connectivity index (χ4v) is 2.27. The second-order valence-electron chi connectivity index (χ2n) is 5.58. The maximum atomic E-state index is 11.8. The molecule has 0 aliphatic carbocycles. The van der Waals surface area contributed by atoms with Crippen molar-refractivity contribution < 1.29 is 9.90 Å². The van der Waals surface area contributed by atoms with Crippen LogP contribution in [-0.4, -0.2) is 24.2 Å². The Morgan fingerprint density at radius 3 is 2.33 bits per heavy atom. The van der Waals surface area contributed by atoms with Gasteiger partial charge in [-0.05, 0) is 36.8 Å². The van der Waals surface area contributed by atoms with Crippen LogP contribution < -0.4 is 5.32 Å². The van der Waals surface area contributed by atoms with E-state index in [9.17, 15) is 4.79 Å². The standard InChI is InChI=1S/C18H29NO2/c1-2-3-8-16-9-11-17(12-10-16)15-18(21)19-13-6-4-5-7-14-20/h9-12,20H,2-8,13-15H2,1H3,(H,19,21). The van der Waals surface area contributed by atoms with Crippen LogP contribution in [0.2, 0.25) is 0 Å². The van der Waals surface area contributed by atoms with Crippen molar-refractivity contribution in [3.8, 4) is 0 Å². The maximum Gasteiger partial charge on any atom is 0.224 e. The Morgan fingerprint density at radius 2 is 1.67 bits per heavy atom. The van der Waals surface area contributed by atoms with Crippen molar-refractivity contribution in [1.82, 2.24) is 5.32 Å². The van der Waals surface area contributed by atoms with Gasteiger partial charge in [0, 0.05) is 13.2 Å². The van der Waals surface area contributed by atoms with Crippen molar-refractivity contribution in [2.75, 3.05) is 13.2 Å². The van der Waals surface area contributed by atoms with Gasteiger partial charge in [0.1, 0.15) is 0 Å². The number of amides is 1. The number of benzene rings is 1. The molecule has 21 heavy (non-hydrogen) atoms. The summed E-state index contributed by atoms with van der Waals surface area (Å²) in [5.74, 6) is 0.0958. The number of hydrogen-bond donors (Lipinski definition) is 2. The Bertz CT molecular complexity index is 387. The minimum atomic E-state index is 0.0958. The molecule has 0 saturated carbocycles. The molecule has 0 atom stereocenters. The fraction of sp³-hybridized carbons (Fsp3) is 0.611. The first-order valence-electron chi connectivity index (χ1n) is 8.21. The topological polar surface area (TPSA) is 49.3 Å². The average Bonchev–Trinajstić information content (AvgIpc) is 2.50. The molecule has 0 aliphatic rings. The van der Waals surface area contributed by atoms with E-state index in [0.717, 1.165) is 44.2 Å². The van der Waals surface area contributed by atoms with Gasteiger partial charge in [-0.2, -0.15) is 0 Å². The zero-order valence-electron chi connectivity index (χ0n) is 13.2. The summed E-state index contributed by atoms with van der Waals surface area (Å²) in [7, 11) is 0. The van der Waals surface area contributed by atoms with Gasteiger partial charge in [-0.15, -0.1) is 0 Å². The second kappa shape index (κ2) is 11.3. The van der Waals surface area contributed by atoms with Crippen molar-refractivity contribution in [2.45, 2.75) is 58.3 Å². The van der Waals surface area contributed by atoms with E-state index in [4.69, 9.17) is 5.11 Å². The van der Waals surface area contributed by atoms with Gasteiger partial charge in [0.05, 0.1) is 6.42 Å². The van der Waals surface area contributed by atoms with Crippen LogP contribution in [0.25, 0.3) is 0 Å². The van der Waals surface area contributed by atoms with E-state index in [1.54, 1.807) is 0 Å². The number of carbonyl (C=O) groups excluding carboxylic acids is 1. The first-order chi connectivity index (χ1) is 10.3. The van der Waals surface area contributed by atoms with Gasteiger partial charge < -0.3 is 10.4 Å². The molecule has 1 aromatic rings. The zero-order chi connectivity index (χ0) is 15.3. The molecule has 0 unspecified atom stereocenters. The highest BCUT2D eigenvalue weighted by atomic mass is 16.2. The summed E-state index contributed by atoms with van der Waals surface area (Å²) in [6.07, 6.45) is 7.96. The predicted octanol–water partition coefficient (Wildman–Crippen LogP) is 3.24. The van der Waals surface area contributed by atoms with Crippen LogP contribution in [0.5, 0.6) is 0 Å². The number of aliphatic hydroxyl groups is 1. The summed E-state index contributed by atoms with van der Waals surface area (Å²) in [6.45, 7) is 3.20. The highest BCUT2D eigenvalue weighted by molar-refractivity contribution is 5.78. The van der Waals surface area contributed by atoms with E-state index in [1.165, 1.54) is 18.4 Å². The minimum absolute atomic E-state index is 0.0958. The molecule has 3 nitrogen and oxygen atoms in total. The van der Waals surface area contributed by atoms with Crippen molar-refractivity contribution in [3.05, 3.63) is 35.4 Å². The Balaban J connectivity index is 2.18. The average molecular weight is 291 g/mol. The van der Waals surface area contributed by atoms with E-state index < -0.39 is 0 Å². The van der Waals surface area contributed by atoms with Crippen molar-refractivity contribution in [3.63, 3.8) is 0 Å².